The fraction of sp³-hybridized carbons (Fsp3) is 0.346. The number of likely N-dealkylation sites (tertiary alicyclic amines) is 1. The molecule has 0 radical (unpaired) electrons. The maximum Gasteiger partial charge on any atom is 0.338 e. The van der Waals surface area contributed by atoms with E-state index in [0.29, 0.717) is 44.0 Å². The van der Waals surface area contributed by atoms with Gasteiger partial charge in [0.1, 0.15) is 17.3 Å². The predicted octanol–water partition coefficient (Wildman–Crippen LogP) is 3.66. The highest BCUT2D eigenvalue weighted by Crippen LogP contribution is 2.30. The molecule has 2 aromatic carbocycles. The Morgan fingerprint density at radius 1 is 1.00 bits per heavy atom. The van der Waals surface area contributed by atoms with E-state index in [1.54, 1.807) is 25.3 Å². The molecule has 0 aliphatic carbocycles. The summed E-state index contributed by atoms with van der Waals surface area (Å²) in [7, 11) is 4.41. The van der Waals surface area contributed by atoms with Crippen LogP contribution in [0, 0.1) is 10.1 Å². The average molecular weight is 509 g/mol. The summed E-state index contributed by atoms with van der Waals surface area (Å²) in [5, 5.41) is 11.3. The van der Waals surface area contributed by atoms with Crippen LogP contribution in [-0.2, 0) is 11.3 Å². The number of non-ortho nitro benzene ring substituents is 1. The second kappa shape index (κ2) is 11.1. The second-order valence-corrected chi connectivity index (χ2v) is 8.72. The number of benzene rings is 2. The van der Waals surface area contributed by atoms with Crippen LogP contribution in [0.5, 0.6) is 11.5 Å². The quantitative estimate of drug-likeness (QED) is 0.256. The Kier molecular flexibility index (Phi) is 7.71. The number of esters is 1. The summed E-state index contributed by atoms with van der Waals surface area (Å²) >= 11 is 0. The van der Waals surface area contributed by atoms with Gasteiger partial charge >= 0.3 is 5.97 Å². The average Bonchev–Trinajstić information content (AvgIpc) is 3.39. The first-order valence-electron chi connectivity index (χ1n) is 11.7. The first kappa shape index (κ1) is 25.7. The number of methoxy groups -OCH3 is 3. The maximum atomic E-state index is 13.2. The number of hydrogen-bond donors (Lipinski definition) is 0. The molecule has 194 valence electrons. The number of amides is 1. The van der Waals surface area contributed by atoms with E-state index in [1.807, 2.05) is 24.4 Å². The van der Waals surface area contributed by atoms with Crippen molar-refractivity contribution in [2.75, 3.05) is 34.4 Å². The highest BCUT2D eigenvalue weighted by Gasteiger charge is 2.28. The standard InChI is InChI=1S/C26H28N4O7/c1-35-22-10-17(11-23(15-22)36-2)16-29-9-6-27-24(29)18-4-7-28(8-5-18)25(31)19-12-20(26(32)37-3)14-21(13-19)30(33)34/h6,9-15,18H,4-5,7-8,16H2,1-3H3. The van der Waals surface area contributed by atoms with Crippen molar-refractivity contribution in [2.45, 2.75) is 25.3 Å². The normalized spacial score (nSPS) is 13.8. The van der Waals surface area contributed by atoms with Crippen molar-refractivity contribution in [1.29, 1.82) is 0 Å². The third-order valence-electron chi connectivity index (χ3n) is 6.46. The summed E-state index contributed by atoms with van der Waals surface area (Å²) in [4.78, 5) is 42.1. The van der Waals surface area contributed by atoms with Gasteiger partial charge in [0, 0.05) is 61.7 Å². The molecule has 0 unspecified atom stereocenters. The highest BCUT2D eigenvalue weighted by atomic mass is 16.6. The molecule has 1 saturated heterocycles. The van der Waals surface area contributed by atoms with Gasteiger partial charge in [0.05, 0.1) is 31.8 Å². The van der Waals surface area contributed by atoms with Crippen LogP contribution in [0.1, 0.15) is 50.9 Å². The van der Waals surface area contributed by atoms with Crippen molar-refractivity contribution >= 4 is 17.6 Å². The molecule has 0 bridgehead atoms. The number of nitrogens with zero attached hydrogens (tertiary/aromatic N) is 4. The summed E-state index contributed by atoms with van der Waals surface area (Å²) in [6.45, 7) is 1.51. The molecule has 37 heavy (non-hydrogen) atoms. The summed E-state index contributed by atoms with van der Waals surface area (Å²) in [6.07, 6.45) is 5.06. The van der Waals surface area contributed by atoms with Gasteiger partial charge in [-0.2, -0.15) is 0 Å². The maximum absolute atomic E-state index is 13.2. The number of piperidine rings is 1. The molecule has 1 fully saturated rings. The van der Waals surface area contributed by atoms with E-state index in [1.165, 1.54) is 19.2 Å². The molecule has 1 amide bonds. The Bertz CT molecular complexity index is 1290. The lowest BCUT2D eigenvalue weighted by molar-refractivity contribution is -0.384. The number of aromatic nitrogens is 2. The minimum Gasteiger partial charge on any atom is -0.497 e. The molecule has 4 rings (SSSR count). The van der Waals surface area contributed by atoms with Crippen LogP contribution in [0.25, 0.3) is 0 Å². The Morgan fingerprint density at radius 2 is 1.65 bits per heavy atom. The molecular weight excluding hydrogens is 480 g/mol. The van der Waals surface area contributed by atoms with Crippen molar-refractivity contribution in [3.05, 3.63) is 81.4 Å². The van der Waals surface area contributed by atoms with E-state index in [9.17, 15) is 19.7 Å². The Balaban J connectivity index is 1.47. The van der Waals surface area contributed by atoms with E-state index >= 15 is 0 Å². The Labute approximate surface area is 213 Å². The third kappa shape index (κ3) is 5.71. The molecule has 11 nitrogen and oxygen atoms in total. The van der Waals surface area contributed by atoms with Crippen LogP contribution < -0.4 is 9.47 Å². The predicted molar refractivity (Wildman–Crippen MR) is 133 cm³/mol. The first-order valence-corrected chi connectivity index (χ1v) is 11.7. The largest absolute Gasteiger partial charge is 0.497 e. The lowest BCUT2D eigenvalue weighted by atomic mass is 9.95. The number of imidazole rings is 1. The zero-order valence-corrected chi connectivity index (χ0v) is 20.9. The molecule has 1 aliphatic heterocycles. The van der Waals surface area contributed by atoms with E-state index in [0.717, 1.165) is 17.5 Å². The van der Waals surface area contributed by atoms with E-state index in [-0.39, 0.29) is 28.6 Å². The molecule has 0 N–H and O–H groups in total. The second-order valence-electron chi connectivity index (χ2n) is 8.72. The van der Waals surface area contributed by atoms with E-state index in [4.69, 9.17) is 9.47 Å². The van der Waals surface area contributed by atoms with Crippen molar-refractivity contribution in [3.63, 3.8) is 0 Å². The van der Waals surface area contributed by atoms with Crippen molar-refractivity contribution in [2.24, 2.45) is 0 Å². The topological polar surface area (TPSA) is 126 Å². The van der Waals surface area contributed by atoms with Gasteiger partial charge in [0.2, 0.25) is 0 Å². The fourth-order valence-corrected chi connectivity index (χ4v) is 4.57. The monoisotopic (exact) mass is 508 g/mol. The number of ether oxygens (including phenoxy) is 3. The van der Waals surface area contributed by atoms with E-state index in [2.05, 4.69) is 14.3 Å². The summed E-state index contributed by atoms with van der Waals surface area (Å²) in [5.74, 6) is 1.38. The number of nitro groups is 1. The van der Waals surface area contributed by atoms with Gasteiger partial charge < -0.3 is 23.7 Å². The Hall–Kier alpha value is -4.41. The number of hydrogen-bond acceptors (Lipinski definition) is 8. The lowest BCUT2D eigenvalue weighted by Crippen LogP contribution is -2.38. The summed E-state index contributed by atoms with van der Waals surface area (Å²) in [5.41, 5.74) is 0.722. The highest BCUT2D eigenvalue weighted by molar-refractivity contribution is 5.99. The van der Waals surface area contributed by atoms with Gasteiger partial charge in [-0.25, -0.2) is 9.78 Å². The number of carbonyl (C=O) groups is 2. The van der Waals surface area contributed by atoms with Gasteiger partial charge in [0.15, 0.2) is 0 Å². The fourth-order valence-electron chi connectivity index (χ4n) is 4.57. The van der Waals surface area contributed by atoms with Crippen LogP contribution in [0.3, 0.4) is 0 Å². The van der Waals surface area contributed by atoms with Crippen molar-refractivity contribution < 1.29 is 28.7 Å². The van der Waals surface area contributed by atoms with Gasteiger partial charge in [0.25, 0.3) is 11.6 Å². The molecule has 0 atom stereocenters. The molecule has 2 heterocycles. The Morgan fingerprint density at radius 3 is 2.24 bits per heavy atom. The molecule has 3 aromatic rings. The summed E-state index contributed by atoms with van der Waals surface area (Å²) in [6, 6.07) is 9.36. The number of rotatable bonds is 8. The first-order chi connectivity index (χ1) is 17.8. The van der Waals surface area contributed by atoms with Gasteiger partial charge in [-0.1, -0.05) is 0 Å². The molecule has 0 saturated carbocycles. The molecule has 0 spiro atoms. The van der Waals surface area contributed by atoms with Crippen LogP contribution in [-0.4, -0.2) is 65.7 Å². The third-order valence-corrected chi connectivity index (χ3v) is 6.46. The molecule has 11 heteroatoms. The van der Waals surface area contributed by atoms with Crippen LogP contribution in [0.15, 0.2) is 48.8 Å². The van der Waals surface area contributed by atoms with Crippen molar-refractivity contribution in [3.8, 4) is 11.5 Å². The zero-order valence-electron chi connectivity index (χ0n) is 20.9. The molecular formula is C26H28N4O7. The van der Waals surface area contributed by atoms with Gasteiger partial charge in [-0.3, -0.25) is 14.9 Å². The summed E-state index contributed by atoms with van der Waals surface area (Å²) < 4.78 is 17.5. The number of carbonyl (C=O) groups excluding carboxylic acids is 2. The minimum absolute atomic E-state index is 0.0360. The molecule has 1 aliphatic rings. The molecule has 1 aromatic heterocycles. The number of nitro benzene ring substituents is 1. The van der Waals surface area contributed by atoms with Gasteiger partial charge in [-0.05, 0) is 36.6 Å². The van der Waals surface area contributed by atoms with E-state index < -0.39 is 10.9 Å². The van der Waals surface area contributed by atoms with Crippen molar-refractivity contribution in [1.82, 2.24) is 14.5 Å². The van der Waals surface area contributed by atoms with Crippen LogP contribution in [0.4, 0.5) is 5.69 Å². The van der Waals surface area contributed by atoms with Gasteiger partial charge in [-0.15, -0.1) is 0 Å². The van der Waals surface area contributed by atoms with Crippen LogP contribution >= 0.6 is 0 Å². The lowest BCUT2D eigenvalue weighted by Gasteiger charge is -2.32. The SMILES string of the molecule is COC(=O)c1cc(C(=O)N2CCC(c3nccn3Cc3cc(OC)cc(OC)c3)CC2)cc([N+](=O)[O-])c1. The van der Waals surface area contributed by atoms with Crippen LogP contribution in [0.2, 0.25) is 0 Å². The smallest absolute Gasteiger partial charge is 0.338 e. The zero-order chi connectivity index (χ0) is 26.5. The minimum atomic E-state index is -0.739.